The molecule has 1 aromatic carbocycles. The van der Waals surface area contributed by atoms with Crippen molar-refractivity contribution < 1.29 is 9.90 Å². The van der Waals surface area contributed by atoms with Crippen LogP contribution in [0.15, 0.2) is 24.3 Å². The highest BCUT2D eigenvalue weighted by molar-refractivity contribution is 14.1. The SMILES string of the molecule is CCC(CCO)NC(=O)Cc1ccccc1I. The summed E-state index contributed by atoms with van der Waals surface area (Å²) in [5.74, 6) is 0.0226. The predicted octanol–water partition coefficient (Wildman–Crippen LogP) is 2.11. The third kappa shape index (κ3) is 5.04. The van der Waals surface area contributed by atoms with Gasteiger partial charge in [0.1, 0.15) is 0 Å². The van der Waals surface area contributed by atoms with Gasteiger partial charge in [-0.2, -0.15) is 0 Å². The summed E-state index contributed by atoms with van der Waals surface area (Å²) in [5.41, 5.74) is 1.05. The smallest absolute Gasteiger partial charge is 0.224 e. The maximum absolute atomic E-state index is 11.8. The standard InChI is InChI=1S/C13H18INO2/c1-2-11(7-8-16)15-13(17)9-10-5-3-4-6-12(10)14/h3-6,11,16H,2,7-9H2,1H3,(H,15,17). The van der Waals surface area contributed by atoms with E-state index in [1.807, 2.05) is 31.2 Å². The Kier molecular flexibility index (Phi) is 6.50. The molecule has 0 heterocycles. The van der Waals surface area contributed by atoms with E-state index in [-0.39, 0.29) is 18.6 Å². The maximum Gasteiger partial charge on any atom is 0.224 e. The Bertz CT molecular complexity index is 368. The molecule has 1 atom stereocenters. The first-order valence-electron chi connectivity index (χ1n) is 5.81. The summed E-state index contributed by atoms with van der Waals surface area (Å²) in [6.45, 7) is 2.12. The van der Waals surface area contributed by atoms with Crippen LogP contribution in [0.25, 0.3) is 0 Å². The van der Waals surface area contributed by atoms with Gasteiger partial charge in [0.05, 0.1) is 6.42 Å². The van der Waals surface area contributed by atoms with Crippen LogP contribution in [0.1, 0.15) is 25.3 Å². The van der Waals surface area contributed by atoms with Crippen molar-refractivity contribution in [2.75, 3.05) is 6.61 Å². The molecular formula is C13H18INO2. The highest BCUT2D eigenvalue weighted by Crippen LogP contribution is 2.12. The predicted molar refractivity (Wildman–Crippen MR) is 76.8 cm³/mol. The molecule has 0 aliphatic rings. The van der Waals surface area contributed by atoms with Gasteiger partial charge in [-0.15, -0.1) is 0 Å². The Balaban J connectivity index is 2.52. The van der Waals surface area contributed by atoms with Gasteiger partial charge in [-0.1, -0.05) is 25.1 Å². The van der Waals surface area contributed by atoms with Crippen LogP contribution >= 0.6 is 22.6 Å². The second-order valence-corrected chi connectivity index (χ2v) is 5.12. The van der Waals surface area contributed by atoms with Crippen molar-refractivity contribution in [1.82, 2.24) is 5.32 Å². The minimum atomic E-state index is 0.0226. The molecule has 1 aromatic rings. The van der Waals surface area contributed by atoms with Crippen molar-refractivity contribution in [2.24, 2.45) is 0 Å². The number of nitrogens with one attached hydrogen (secondary N) is 1. The molecule has 0 aliphatic carbocycles. The zero-order chi connectivity index (χ0) is 12.7. The molecule has 0 saturated heterocycles. The van der Waals surface area contributed by atoms with Crippen molar-refractivity contribution in [3.63, 3.8) is 0 Å². The van der Waals surface area contributed by atoms with Gasteiger partial charge in [-0.05, 0) is 47.1 Å². The van der Waals surface area contributed by atoms with Crippen LogP contribution in [0.3, 0.4) is 0 Å². The summed E-state index contributed by atoms with van der Waals surface area (Å²) >= 11 is 2.23. The van der Waals surface area contributed by atoms with Crippen LogP contribution in [0, 0.1) is 3.57 Å². The first-order chi connectivity index (χ1) is 8.17. The molecular weight excluding hydrogens is 329 g/mol. The number of aliphatic hydroxyl groups excluding tert-OH is 1. The molecule has 0 aliphatic heterocycles. The largest absolute Gasteiger partial charge is 0.396 e. The molecule has 0 spiro atoms. The van der Waals surface area contributed by atoms with Gasteiger partial charge in [0.2, 0.25) is 5.91 Å². The first-order valence-corrected chi connectivity index (χ1v) is 6.88. The van der Waals surface area contributed by atoms with Crippen LogP contribution in [-0.4, -0.2) is 23.7 Å². The number of rotatable bonds is 6. The Morgan fingerprint density at radius 3 is 2.76 bits per heavy atom. The van der Waals surface area contributed by atoms with Gasteiger partial charge in [0.25, 0.3) is 0 Å². The lowest BCUT2D eigenvalue weighted by Crippen LogP contribution is -2.36. The Hall–Kier alpha value is -0.620. The second-order valence-electron chi connectivity index (χ2n) is 3.95. The number of halogens is 1. The fraction of sp³-hybridized carbons (Fsp3) is 0.462. The van der Waals surface area contributed by atoms with Crippen molar-refractivity contribution in [1.29, 1.82) is 0 Å². The van der Waals surface area contributed by atoms with E-state index in [2.05, 4.69) is 27.9 Å². The number of hydrogen-bond acceptors (Lipinski definition) is 2. The van der Waals surface area contributed by atoms with E-state index in [0.717, 1.165) is 15.6 Å². The zero-order valence-corrected chi connectivity index (χ0v) is 12.1. The van der Waals surface area contributed by atoms with Crippen LogP contribution in [0.5, 0.6) is 0 Å². The summed E-state index contributed by atoms with van der Waals surface area (Å²) < 4.78 is 1.11. The maximum atomic E-state index is 11.8. The zero-order valence-electron chi connectivity index (χ0n) is 9.95. The Labute approximate surface area is 116 Å². The van der Waals surface area contributed by atoms with Gasteiger partial charge in [0.15, 0.2) is 0 Å². The lowest BCUT2D eigenvalue weighted by atomic mass is 10.1. The lowest BCUT2D eigenvalue weighted by Gasteiger charge is -2.15. The number of amides is 1. The molecule has 1 amide bonds. The van der Waals surface area contributed by atoms with E-state index >= 15 is 0 Å². The van der Waals surface area contributed by atoms with Crippen LogP contribution in [0.2, 0.25) is 0 Å². The van der Waals surface area contributed by atoms with E-state index in [1.165, 1.54) is 0 Å². The van der Waals surface area contributed by atoms with Crippen LogP contribution in [-0.2, 0) is 11.2 Å². The molecule has 4 heteroatoms. The Morgan fingerprint density at radius 1 is 1.47 bits per heavy atom. The fourth-order valence-electron chi connectivity index (χ4n) is 1.63. The quantitative estimate of drug-likeness (QED) is 0.775. The highest BCUT2D eigenvalue weighted by atomic mass is 127. The fourth-order valence-corrected chi connectivity index (χ4v) is 2.21. The van der Waals surface area contributed by atoms with Crippen molar-refractivity contribution >= 4 is 28.5 Å². The number of aliphatic hydroxyl groups is 1. The highest BCUT2D eigenvalue weighted by Gasteiger charge is 2.11. The minimum absolute atomic E-state index is 0.0226. The Morgan fingerprint density at radius 2 is 2.18 bits per heavy atom. The van der Waals surface area contributed by atoms with E-state index in [0.29, 0.717) is 12.8 Å². The molecule has 3 nitrogen and oxygen atoms in total. The van der Waals surface area contributed by atoms with E-state index in [4.69, 9.17) is 5.11 Å². The lowest BCUT2D eigenvalue weighted by molar-refractivity contribution is -0.121. The molecule has 0 radical (unpaired) electrons. The van der Waals surface area contributed by atoms with Crippen LogP contribution in [0.4, 0.5) is 0 Å². The summed E-state index contributed by atoms with van der Waals surface area (Å²) in [7, 11) is 0. The molecule has 0 bridgehead atoms. The summed E-state index contributed by atoms with van der Waals surface area (Å²) in [5, 5.41) is 11.8. The summed E-state index contributed by atoms with van der Waals surface area (Å²) in [6, 6.07) is 7.94. The van der Waals surface area contributed by atoms with E-state index in [1.54, 1.807) is 0 Å². The van der Waals surface area contributed by atoms with Gasteiger partial charge in [-0.25, -0.2) is 0 Å². The van der Waals surface area contributed by atoms with Crippen molar-refractivity contribution in [3.05, 3.63) is 33.4 Å². The first kappa shape index (κ1) is 14.4. The number of carbonyl (C=O) groups excluding carboxylic acids is 1. The number of hydrogen-bond donors (Lipinski definition) is 2. The molecule has 1 unspecified atom stereocenters. The molecule has 0 fully saturated rings. The van der Waals surface area contributed by atoms with Gasteiger partial charge >= 0.3 is 0 Å². The third-order valence-electron chi connectivity index (χ3n) is 2.64. The van der Waals surface area contributed by atoms with Gasteiger partial charge < -0.3 is 10.4 Å². The van der Waals surface area contributed by atoms with Gasteiger partial charge in [0, 0.05) is 16.2 Å². The normalized spacial score (nSPS) is 12.2. The monoisotopic (exact) mass is 347 g/mol. The second kappa shape index (κ2) is 7.66. The van der Waals surface area contributed by atoms with Crippen molar-refractivity contribution in [3.8, 4) is 0 Å². The third-order valence-corrected chi connectivity index (χ3v) is 3.70. The average Bonchev–Trinajstić information content (AvgIpc) is 2.31. The van der Waals surface area contributed by atoms with E-state index in [9.17, 15) is 4.79 Å². The summed E-state index contributed by atoms with van der Waals surface area (Å²) in [4.78, 5) is 11.8. The number of carbonyl (C=O) groups is 1. The van der Waals surface area contributed by atoms with Crippen LogP contribution < -0.4 is 5.32 Å². The number of benzene rings is 1. The molecule has 2 N–H and O–H groups in total. The van der Waals surface area contributed by atoms with Gasteiger partial charge in [-0.3, -0.25) is 4.79 Å². The molecule has 1 rings (SSSR count). The summed E-state index contributed by atoms with van der Waals surface area (Å²) in [6.07, 6.45) is 1.87. The minimum Gasteiger partial charge on any atom is -0.396 e. The molecule has 0 aromatic heterocycles. The van der Waals surface area contributed by atoms with E-state index < -0.39 is 0 Å². The molecule has 17 heavy (non-hydrogen) atoms. The average molecular weight is 347 g/mol. The molecule has 0 saturated carbocycles. The topological polar surface area (TPSA) is 49.3 Å². The molecule has 94 valence electrons. The van der Waals surface area contributed by atoms with Crippen molar-refractivity contribution in [2.45, 2.75) is 32.2 Å².